The van der Waals surface area contributed by atoms with E-state index in [1.807, 2.05) is 11.3 Å². The quantitative estimate of drug-likeness (QED) is 0.176. The molecule has 0 amide bonds. The Balaban J connectivity index is 1.16. The van der Waals surface area contributed by atoms with E-state index in [2.05, 4.69) is 195 Å². The van der Waals surface area contributed by atoms with Crippen LogP contribution in [-0.4, -0.2) is 0 Å². The number of nitrogens with zero attached hydrogens (tertiary/aromatic N) is 1. The molecule has 1 aliphatic carbocycles. The molecule has 51 heavy (non-hydrogen) atoms. The lowest BCUT2D eigenvalue weighted by Crippen LogP contribution is -2.15. The lowest BCUT2D eigenvalue weighted by Gasteiger charge is -2.30. The first kappa shape index (κ1) is 29.9. The standard InChI is InChI=1S/C49H35NS/c1-49(2)42-20-8-5-18-40(42)48-39(19-12-21-43(48)49)37-16-6-9-22-45(37)50(44-23-11-14-33-13-3-4-15-36(33)44)35-28-25-32(26-29-35)34-27-30-47-41(31-34)38-17-7-10-24-46(38)51-47/h3-31H,1-2H3. The normalized spacial score (nSPS) is 13.1. The summed E-state index contributed by atoms with van der Waals surface area (Å²) in [4.78, 5) is 2.46. The molecule has 0 fully saturated rings. The van der Waals surface area contributed by atoms with Gasteiger partial charge in [-0.3, -0.25) is 0 Å². The maximum atomic E-state index is 2.46. The summed E-state index contributed by atoms with van der Waals surface area (Å²) in [5.41, 5.74) is 13.7. The fraction of sp³-hybridized carbons (Fsp3) is 0.0612. The number of anilines is 3. The highest BCUT2D eigenvalue weighted by molar-refractivity contribution is 7.25. The van der Waals surface area contributed by atoms with Crippen molar-refractivity contribution in [3.8, 4) is 33.4 Å². The fourth-order valence-corrected chi connectivity index (χ4v) is 9.48. The van der Waals surface area contributed by atoms with Crippen LogP contribution in [0.2, 0.25) is 0 Å². The number of thiophene rings is 1. The average molecular weight is 670 g/mol. The molecule has 1 aliphatic rings. The van der Waals surface area contributed by atoms with Gasteiger partial charge in [-0.05, 0) is 86.8 Å². The van der Waals surface area contributed by atoms with E-state index >= 15 is 0 Å². The molecule has 10 rings (SSSR count). The summed E-state index contributed by atoms with van der Waals surface area (Å²) in [5.74, 6) is 0. The van der Waals surface area contributed by atoms with Crippen molar-refractivity contribution in [2.24, 2.45) is 0 Å². The van der Waals surface area contributed by atoms with Gasteiger partial charge in [0.25, 0.3) is 0 Å². The van der Waals surface area contributed by atoms with Gasteiger partial charge in [0.1, 0.15) is 0 Å². The van der Waals surface area contributed by atoms with Gasteiger partial charge in [-0.25, -0.2) is 0 Å². The van der Waals surface area contributed by atoms with Gasteiger partial charge in [-0.2, -0.15) is 0 Å². The summed E-state index contributed by atoms with van der Waals surface area (Å²) >= 11 is 1.86. The summed E-state index contributed by atoms with van der Waals surface area (Å²) in [6, 6.07) is 64.9. The van der Waals surface area contributed by atoms with Crippen LogP contribution in [0.3, 0.4) is 0 Å². The second kappa shape index (κ2) is 11.6. The second-order valence-corrected chi connectivity index (χ2v) is 15.2. The average Bonchev–Trinajstić information content (AvgIpc) is 3.67. The molecule has 0 radical (unpaired) electrons. The Bertz CT molecular complexity index is 2780. The van der Waals surface area contributed by atoms with Crippen molar-refractivity contribution in [1.82, 2.24) is 0 Å². The van der Waals surface area contributed by atoms with E-state index in [9.17, 15) is 0 Å². The number of fused-ring (bicyclic) bond motifs is 7. The van der Waals surface area contributed by atoms with Crippen LogP contribution >= 0.6 is 11.3 Å². The third-order valence-corrected chi connectivity index (χ3v) is 12.0. The Hall–Kier alpha value is -5.96. The number of rotatable bonds is 5. The molecule has 0 saturated heterocycles. The maximum absolute atomic E-state index is 2.46. The topological polar surface area (TPSA) is 3.24 Å². The number of para-hydroxylation sites is 1. The van der Waals surface area contributed by atoms with Gasteiger partial charge in [0, 0.05) is 42.2 Å². The molecular formula is C49H35NS. The zero-order chi connectivity index (χ0) is 34.1. The highest BCUT2D eigenvalue weighted by atomic mass is 32.1. The highest BCUT2D eigenvalue weighted by Gasteiger charge is 2.37. The number of hydrogen-bond acceptors (Lipinski definition) is 2. The van der Waals surface area contributed by atoms with E-state index in [1.54, 1.807) is 0 Å². The molecule has 1 aromatic heterocycles. The highest BCUT2D eigenvalue weighted by Crippen LogP contribution is 2.54. The molecule has 0 N–H and O–H groups in total. The van der Waals surface area contributed by atoms with Gasteiger partial charge < -0.3 is 4.90 Å². The van der Waals surface area contributed by atoms with Crippen molar-refractivity contribution in [1.29, 1.82) is 0 Å². The van der Waals surface area contributed by atoms with E-state index in [0.717, 1.165) is 17.1 Å². The van der Waals surface area contributed by atoms with Gasteiger partial charge in [0.05, 0.1) is 11.4 Å². The molecule has 1 nitrogen and oxygen atoms in total. The van der Waals surface area contributed by atoms with Gasteiger partial charge in [0.15, 0.2) is 0 Å². The first-order valence-corrected chi connectivity index (χ1v) is 18.5. The van der Waals surface area contributed by atoms with Gasteiger partial charge in [-0.1, -0.05) is 147 Å². The predicted octanol–water partition coefficient (Wildman–Crippen LogP) is 14.3. The van der Waals surface area contributed by atoms with Crippen LogP contribution in [0.5, 0.6) is 0 Å². The molecule has 2 heteroatoms. The van der Waals surface area contributed by atoms with Gasteiger partial charge >= 0.3 is 0 Å². The number of benzene rings is 8. The molecule has 0 saturated carbocycles. The summed E-state index contributed by atoms with van der Waals surface area (Å²) in [6.07, 6.45) is 0. The van der Waals surface area contributed by atoms with Crippen molar-refractivity contribution < 1.29 is 0 Å². The van der Waals surface area contributed by atoms with Gasteiger partial charge in [-0.15, -0.1) is 11.3 Å². The van der Waals surface area contributed by atoms with E-state index in [4.69, 9.17) is 0 Å². The van der Waals surface area contributed by atoms with Crippen LogP contribution in [0.4, 0.5) is 17.1 Å². The molecule has 9 aromatic rings. The lowest BCUT2D eigenvalue weighted by atomic mass is 9.82. The number of hydrogen-bond donors (Lipinski definition) is 0. The third kappa shape index (κ3) is 4.67. The van der Waals surface area contributed by atoms with Crippen molar-refractivity contribution in [3.63, 3.8) is 0 Å². The second-order valence-electron chi connectivity index (χ2n) is 14.1. The first-order valence-electron chi connectivity index (χ1n) is 17.7. The monoisotopic (exact) mass is 669 g/mol. The molecule has 0 unspecified atom stereocenters. The SMILES string of the molecule is CC1(C)c2ccccc2-c2c(-c3ccccc3N(c3ccc(-c4ccc5sc6ccccc6c5c4)cc3)c3cccc4ccccc34)cccc21. The zero-order valence-corrected chi connectivity index (χ0v) is 29.4. The minimum atomic E-state index is -0.0691. The maximum Gasteiger partial charge on any atom is 0.0540 e. The Morgan fingerprint density at radius 3 is 1.92 bits per heavy atom. The summed E-state index contributed by atoms with van der Waals surface area (Å²) < 4.78 is 2.66. The van der Waals surface area contributed by atoms with Gasteiger partial charge in [0.2, 0.25) is 0 Å². The molecular weight excluding hydrogens is 635 g/mol. The van der Waals surface area contributed by atoms with Crippen LogP contribution in [0.15, 0.2) is 176 Å². The van der Waals surface area contributed by atoms with Crippen molar-refractivity contribution in [3.05, 3.63) is 187 Å². The van der Waals surface area contributed by atoms with E-state index < -0.39 is 0 Å². The molecule has 0 bridgehead atoms. The van der Waals surface area contributed by atoms with Crippen LogP contribution in [0, 0.1) is 0 Å². The summed E-state index contributed by atoms with van der Waals surface area (Å²) in [7, 11) is 0. The van der Waals surface area contributed by atoms with Crippen LogP contribution in [-0.2, 0) is 5.41 Å². The smallest absolute Gasteiger partial charge is 0.0540 e. The molecule has 0 atom stereocenters. The third-order valence-electron chi connectivity index (χ3n) is 10.9. The Labute approximate surface area is 302 Å². The van der Waals surface area contributed by atoms with Crippen LogP contribution < -0.4 is 4.90 Å². The first-order chi connectivity index (χ1) is 25.1. The Kier molecular flexibility index (Phi) is 6.78. The van der Waals surface area contributed by atoms with E-state index in [0.29, 0.717) is 0 Å². The van der Waals surface area contributed by atoms with Crippen molar-refractivity contribution in [2.75, 3.05) is 4.90 Å². The zero-order valence-electron chi connectivity index (χ0n) is 28.6. The minimum Gasteiger partial charge on any atom is -0.309 e. The molecule has 0 aliphatic heterocycles. The van der Waals surface area contributed by atoms with E-state index in [1.165, 1.54) is 75.5 Å². The Morgan fingerprint density at radius 1 is 0.431 bits per heavy atom. The summed E-state index contributed by atoms with van der Waals surface area (Å²) in [6.45, 7) is 4.71. The molecule has 0 spiro atoms. The predicted molar refractivity (Wildman–Crippen MR) is 220 cm³/mol. The largest absolute Gasteiger partial charge is 0.309 e. The Morgan fingerprint density at radius 2 is 1.04 bits per heavy atom. The summed E-state index contributed by atoms with van der Waals surface area (Å²) in [5, 5.41) is 5.09. The molecule has 242 valence electrons. The fourth-order valence-electron chi connectivity index (χ4n) is 8.40. The van der Waals surface area contributed by atoms with E-state index in [-0.39, 0.29) is 5.41 Å². The lowest BCUT2D eigenvalue weighted by molar-refractivity contribution is 0.660. The molecule has 1 heterocycles. The van der Waals surface area contributed by atoms with Crippen LogP contribution in [0.25, 0.3) is 64.3 Å². The minimum absolute atomic E-state index is 0.0691. The molecule has 8 aromatic carbocycles. The van der Waals surface area contributed by atoms with Crippen LogP contribution in [0.1, 0.15) is 25.0 Å². The van der Waals surface area contributed by atoms with Crippen molar-refractivity contribution >= 4 is 59.3 Å². The van der Waals surface area contributed by atoms with Crippen molar-refractivity contribution in [2.45, 2.75) is 19.3 Å².